The van der Waals surface area contributed by atoms with E-state index in [9.17, 15) is 9.18 Å². The van der Waals surface area contributed by atoms with Crippen LogP contribution in [0.15, 0.2) is 22.7 Å². The lowest BCUT2D eigenvalue weighted by atomic mass is 9.98. The summed E-state index contributed by atoms with van der Waals surface area (Å²) in [5, 5.41) is 0. The number of hydrogen-bond acceptors (Lipinski definition) is 2. The summed E-state index contributed by atoms with van der Waals surface area (Å²) in [5.74, 6) is -0.0236. The highest BCUT2D eigenvalue weighted by Crippen LogP contribution is 2.22. The highest BCUT2D eigenvalue weighted by atomic mass is 79.9. The lowest BCUT2D eigenvalue weighted by Crippen LogP contribution is -2.43. The Balaban J connectivity index is 2.13. The van der Waals surface area contributed by atoms with Gasteiger partial charge in [-0.25, -0.2) is 4.39 Å². The molecule has 1 fully saturated rings. The van der Waals surface area contributed by atoms with E-state index in [0.29, 0.717) is 12.1 Å². The van der Waals surface area contributed by atoms with Crippen molar-refractivity contribution in [2.45, 2.75) is 38.8 Å². The number of carbonyl (C=O) groups is 1. The average Bonchev–Trinajstić information content (AvgIpc) is 2.33. The summed E-state index contributed by atoms with van der Waals surface area (Å²) in [6.07, 6.45) is 3.07. The smallest absolute Gasteiger partial charge is 0.146 e. The summed E-state index contributed by atoms with van der Waals surface area (Å²) >= 11 is 3.25. The molecule has 1 saturated heterocycles. The number of ketones is 1. The number of rotatable bonds is 3. The normalized spacial score (nSPS) is 20.9. The molecule has 0 bridgehead atoms. The molecule has 0 N–H and O–H groups in total. The number of nitrogens with zero attached hydrogens (tertiary/aromatic N) is 1. The van der Waals surface area contributed by atoms with Crippen LogP contribution in [-0.4, -0.2) is 23.3 Å². The van der Waals surface area contributed by atoms with Crippen LogP contribution in [0, 0.1) is 5.82 Å². The second-order valence-corrected chi connectivity index (χ2v) is 5.74. The molecule has 1 atom stereocenters. The van der Waals surface area contributed by atoms with Crippen LogP contribution >= 0.6 is 15.9 Å². The molecule has 2 rings (SSSR count). The molecule has 0 amide bonds. The summed E-state index contributed by atoms with van der Waals surface area (Å²) in [7, 11) is 0. The molecule has 1 aliphatic heterocycles. The predicted molar refractivity (Wildman–Crippen MR) is 72.8 cm³/mol. The van der Waals surface area contributed by atoms with E-state index in [1.54, 1.807) is 13.0 Å². The van der Waals surface area contributed by atoms with Gasteiger partial charge in [0, 0.05) is 16.6 Å². The number of likely N-dealkylation sites (tertiary alicyclic amines) is 1. The van der Waals surface area contributed by atoms with Gasteiger partial charge >= 0.3 is 0 Å². The Morgan fingerprint density at radius 2 is 2.28 bits per heavy atom. The van der Waals surface area contributed by atoms with Crippen molar-refractivity contribution < 1.29 is 9.18 Å². The van der Waals surface area contributed by atoms with Gasteiger partial charge in [0.1, 0.15) is 11.6 Å². The van der Waals surface area contributed by atoms with Crippen molar-refractivity contribution >= 4 is 21.7 Å². The number of benzene rings is 1. The van der Waals surface area contributed by atoms with E-state index < -0.39 is 0 Å². The van der Waals surface area contributed by atoms with Gasteiger partial charge in [0.25, 0.3) is 0 Å². The van der Waals surface area contributed by atoms with E-state index in [1.807, 2.05) is 6.07 Å². The van der Waals surface area contributed by atoms with Crippen LogP contribution in [0.2, 0.25) is 0 Å². The summed E-state index contributed by atoms with van der Waals surface area (Å²) < 4.78 is 14.5. The number of hydrogen-bond donors (Lipinski definition) is 0. The minimum Gasteiger partial charge on any atom is -0.298 e. The van der Waals surface area contributed by atoms with Crippen molar-refractivity contribution in [3.8, 4) is 0 Å². The molecule has 0 saturated carbocycles. The van der Waals surface area contributed by atoms with E-state index in [1.165, 1.54) is 6.07 Å². The predicted octanol–water partition coefficient (Wildman–Crippen LogP) is 3.53. The topological polar surface area (TPSA) is 20.3 Å². The largest absolute Gasteiger partial charge is 0.298 e. The van der Waals surface area contributed by atoms with Crippen LogP contribution in [0.4, 0.5) is 4.39 Å². The monoisotopic (exact) mass is 313 g/mol. The SMILES string of the molecule is CC(=O)C1CCCCN1Cc1ccc(Br)cc1F. The second-order valence-electron chi connectivity index (χ2n) is 4.83. The fraction of sp³-hybridized carbons (Fsp3) is 0.500. The second kappa shape index (κ2) is 5.93. The minimum atomic E-state index is -0.211. The summed E-state index contributed by atoms with van der Waals surface area (Å²) in [6.45, 7) is 3.02. The zero-order valence-corrected chi connectivity index (χ0v) is 12.0. The molecule has 18 heavy (non-hydrogen) atoms. The van der Waals surface area contributed by atoms with Crippen LogP contribution in [0.5, 0.6) is 0 Å². The Kier molecular flexibility index (Phi) is 4.51. The maximum atomic E-state index is 13.8. The quantitative estimate of drug-likeness (QED) is 0.851. The van der Waals surface area contributed by atoms with Gasteiger partial charge in [0.05, 0.1) is 6.04 Å². The number of carbonyl (C=O) groups excluding carboxylic acids is 1. The van der Waals surface area contributed by atoms with Gasteiger partial charge in [-0.1, -0.05) is 28.4 Å². The third-order valence-electron chi connectivity index (χ3n) is 3.47. The molecule has 0 aliphatic carbocycles. The van der Waals surface area contributed by atoms with Crippen molar-refractivity contribution in [2.75, 3.05) is 6.54 Å². The molecule has 0 radical (unpaired) electrons. The van der Waals surface area contributed by atoms with Crippen LogP contribution < -0.4 is 0 Å². The molecule has 1 aliphatic rings. The average molecular weight is 314 g/mol. The summed E-state index contributed by atoms with van der Waals surface area (Å²) in [4.78, 5) is 13.7. The number of Topliss-reactive ketones (excluding diaryl/α,β-unsaturated/α-hetero) is 1. The first kappa shape index (κ1) is 13.7. The molecule has 0 aromatic heterocycles. The zero-order chi connectivity index (χ0) is 13.1. The standard InChI is InChI=1S/C14H17BrFNO/c1-10(18)14-4-2-3-7-17(14)9-11-5-6-12(15)8-13(11)16/h5-6,8,14H,2-4,7,9H2,1H3. The first-order valence-corrected chi connectivity index (χ1v) is 7.05. The molecule has 0 spiro atoms. The van der Waals surface area contributed by atoms with Gasteiger partial charge in [0.2, 0.25) is 0 Å². The Hall–Kier alpha value is -0.740. The Bertz CT molecular complexity index is 449. The highest BCUT2D eigenvalue weighted by Gasteiger charge is 2.26. The van der Waals surface area contributed by atoms with Crippen molar-refractivity contribution in [1.29, 1.82) is 0 Å². The maximum Gasteiger partial charge on any atom is 0.146 e. The van der Waals surface area contributed by atoms with E-state index in [0.717, 1.165) is 30.3 Å². The van der Waals surface area contributed by atoms with E-state index in [2.05, 4.69) is 20.8 Å². The van der Waals surface area contributed by atoms with Crippen molar-refractivity contribution in [1.82, 2.24) is 4.90 Å². The van der Waals surface area contributed by atoms with E-state index >= 15 is 0 Å². The lowest BCUT2D eigenvalue weighted by molar-refractivity contribution is -0.123. The zero-order valence-electron chi connectivity index (χ0n) is 10.5. The van der Waals surface area contributed by atoms with Gasteiger partial charge in [-0.2, -0.15) is 0 Å². The van der Waals surface area contributed by atoms with Gasteiger partial charge < -0.3 is 0 Å². The fourth-order valence-electron chi connectivity index (χ4n) is 2.51. The fourth-order valence-corrected chi connectivity index (χ4v) is 2.84. The molecule has 1 unspecified atom stereocenters. The third kappa shape index (κ3) is 3.18. The van der Waals surface area contributed by atoms with Gasteiger partial charge in [0.15, 0.2) is 0 Å². The van der Waals surface area contributed by atoms with Crippen molar-refractivity contribution in [3.63, 3.8) is 0 Å². The molecule has 4 heteroatoms. The van der Waals surface area contributed by atoms with Crippen LogP contribution in [0.3, 0.4) is 0 Å². The van der Waals surface area contributed by atoms with Crippen molar-refractivity contribution in [3.05, 3.63) is 34.1 Å². The van der Waals surface area contributed by atoms with Crippen LogP contribution in [0.1, 0.15) is 31.7 Å². The molecule has 2 nitrogen and oxygen atoms in total. The Morgan fingerprint density at radius 1 is 1.50 bits per heavy atom. The minimum absolute atomic E-state index is 0.0400. The van der Waals surface area contributed by atoms with Crippen molar-refractivity contribution in [2.24, 2.45) is 0 Å². The lowest BCUT2D eigenvalue weighted by Gasteiger charge is -2.34. The van der Waals surface area contributed by atoms with E-state index in [-0.39, 0.29) is 17.6 Å². The molecule has 98 valence electrons. The molecule has 1 aromatic rings. The third-order valence-corrected chi connectivity index (χ3v) is 3.96. The summed E-state index contributed by atoms with van der Waals surface area (Å²) in [5.41, 5.74) is 0.659. The molecule has 1 aromatic carbocycles. The van der Waals surface area contributed by atoms with Gasteiger partial charge in [-0.05, 0) is 38.4 Å². The molecular formula is C14H17BrFNO. The van der Waals surface area contributed by atoms with Crippen LogP contribution in [0.25, 0.3) is 0 Å². The number of halogens is 2. The summed E-state index contributed by atoms with van der Waals surface area (Å²) in [6, 6.07) is 5.06. The Labute approximate surface area is 115 Å². The Morgan fingerprint density at radius 3 is 2.94 bits per heavy atom. The first-order valence-electron chi connectivity index (χ1n) is 6.26. The van der Waals surface area contributed by atoms with Crippen LogP contribution in [-0.2, 0) is 11.3 Å². The highest BCUT2D eigenvalue weighted by molar-refractivity contribution is 9.10. The molecule has 1 heterocycles. The van der Waals surface area contributed by atoms with Gasteiger partial charge in [-0.3, -0.25) is 9.69 Å². The van der Waals surface area contributed by atoms with Gasteiger partial charge in [-0.15, -0.1) is 0 Å². The maximum absolute atomic E-state index is 13.8. The number of piperidine rings is 1. The first-order chi connectivity index (χ1) is 8.58. The van der Waals surface area contributed by atoms with E-state index in [4.69, 9.17) is 0 Å². The molecular weight excluding hydrogens is 297 g/mol.